The SMILES string of the molecule is CC(C)[C@@H]1CC[C@H]2[C@@]1(C)CC[C@@]1(C)[C@H]3C(=CC[C@]21C)[C@@]1(C)CC[C@H](O)C(C)(C)[C@@H]1C[C@@H]3O. The van der Waals surface area contributed by atoms with E-state index >= 15 is 0 Å². The van der Waals surface area contributed by atoms with Crippen LogP contribution in [0.2, 0.25) is 0 Å². The Balaban J connectivity index is 1.59. The molecule has 0 radical (unpaired) electrons. The van der Waals surface area contributed by atoms with Crippen LogP contribution in [0.3, 0.4) is 0 Å². The van der Waals surface area contributed by atoms with E-state index in [4.69, 9.17) is 0 Å². The lowest BCUT2D eigenvalue weighted by Crippen LogP contribution is -2.65. The Bertz CT molecular complexity index is 812. The molecule has 4 saturated carbocycles. The molecule has 0 bridgehead atoms. The molecule has 0 amide bonds. The summed E-state index contributed by atoms with van der Waals surface area (Å²) in [6, 6.07) is 0. The first-order valence-electron chi connectivity index (χ1n) is 13.8. The van der Waals surface area contributed by atoms with Gasteiger partial charge in [-0.3, -0.25) is 0 Å². The van der Waals surface area contributed by atoms with E-state index in [1.165, 1.54) is 32.1 Å². The van der Waals surface area contributed by atoms with Crippen molar-refractivity contribution in [2.24, 2.45) is 56.7 Å². The van der Waals surface area contributed by atoms with Crippen molar-refractivity contribution >= 4 is 0 Å². The maximum Gasteiger partial charge on any atom is 0.0614 e. The summed E-state index contributed by atoms with van der Waals surface area (Å²) in [7, 11) is 0. The molecule has 2 nitrogen and oxygen atoms in total. The molecule has 0 heterocycles. The highest BCUT2D eigenvalue weighted by Gasteiger charge is 2.69. The second kappa shape index (κ2) is 6.87. The molecule has 0 saturated heterocycles. The van der Waals surface area contributed by atoms with Gasteiger partial charge in [-0.15, -0.1) is 0 Å². The van der Waals surface area contributed by atoms with Gasteiger partial charge in [0.1, 0.15) is 0 Å². The van der Waals surface area contributed by atoms with Gasteiger partial charge in [0, 0.05) is 5.92 Å². The molecule has 32 heavy (non-hydrogen) atoms. The van der Waals surface area contributed by atoms with Crippen molar-refractivity contribution in [1.29, 1.82) is 0 Å². The molecular weight excluding hydrogens is 392 g/mol. The molecular formula is C30H50O2. The molecule has 2 N–H and O–H groups in total. The van der Waals surface area contributed by atoms with Crippen LogP contribution < -0.4 is 0 Å². The first-order chi connectivity index (χ1) is 14.7. The lowest BCUT2D eigenvalue weighted by Gasteiger charge is -2.70. The predicted octanol–water partition coefficient (Wildman–Crippen LogP) is 7.00. The summed E-state index contributed by atoms with van der Waals surface area (Å²) in [5.74, 6) is 3.02. The van der Waals surface area contributed by atoms with Crippen LogP contribution in [0.4, 0.5) is 0 Å². The quantitative estimate of drug-likeness (QED) is 0.429. The highest BCUT2D eigenvalue weighted by atomic mass is 16.3. The van der Waals surface area contributed by atoms with Gasteiger partial charge in [0.25, 0.3) is 0 Å². The average molecular weight is 443 g/mol. The van der Waals surface area contributed by atoms with Gasteiger partial charge in [0.15, 0.2) is 0 Å². The van der Waals surface area contributed by atoms with E-state index < -0.39 is 0 Å². The molecule has 0 aliphatic heterocycles. The number of rotatable bonds is 1. The Morgan fingerprint density at radius 3 is 2.19 bits per heavy atom. The van der Waals surface area contributed by atoms with Crippen LogP contribution in [0.25, 0.3) is 0 Å². The predicted molar refractivity (Wildman–Crippen MR) is 132 cm³/mol. The molecule has 2 heteroatoms. The van der Waals surface area contributed by atoms with Gasteiger partial charge in [0.2, 0.25) is 0 Å². The van der Waals surface area contributed by atoms with E-state index in [-0.39, 0.29) is 39.8 Å². The highest BCUT2D eigenvalue weighted by Crippen LogP contribution is 2.76. The molecule has 10 atom stereocenters. The molecule has 0 aromatic rings. The number of allylic oxidation sites excluding steroid dienone is 1. The molecule has 0 spiro atoms. The minimum atomic E-state index is -0.278. The molecule has 0 aromatic carbocycles. The minimum absolute atomic E-state index is 0.119. The summed E-state index contributed by atoms with van der Waals surface area (Å²) in [6.45, 7) is 19.7. The van der Waals surface area contributed by atoms with Crippen molar-refractivity contribution in [2.45, 2.75) is 119 Å². The molecule has 5 aliphatic rings. The van der Waals surface area contributed by atoms with Gasteiger partial charge in [-0.25, -0.2) is 0 Å². The Kier molecular flexibility index (Phi) is 5.02. The van der Waals surface area contributed by atoms with E-state index in [0.717, 1.165) is 37.0 Å². The van der Waals surface area contributed by atoms with Crippen LogP contribution in [-0.4, -0.2) is 22.4 Å². The van der Waals surface area contributed by atoms with Crippen LogP contribution in [0, 0.1) is 56.7 Å². The van der Waals surface area contributed by atoms with E-state index in [1.54, 1.807) is 5.57 Å². The monoisotopic (exact) mass is 442 g/mol. The molecule has 182 valence electrons. The van der Waals surface area contributed by atoms with Gasteiger partial charge < -0.3 is 10.2 Å². The van der Waals surface area contributed by atoms with E-state index in [0.29, 0.717) is 11.3 Å². The smallest absolute Gasteiger partial charge is 0.0614 e. The van der Waals surface area contributed by atoms with E-state index in [9.17, 15) is 10.2 Å². The van der Waals surface area contributed by atoms with Crippen molar-refractivity contribution in [3.63, 3.8) is 0 Å². The van der Waals surface area contributed by atoms with Crippen molar-refractivity contribution in [3.05, 3.63) is 11.6 Å². The summed E-state index contributed by atoms with van der Waals surface area (Å²) >= 11 is 0. The second-order valence-corrected chi connectivity index (χ2v) is 14.8. The third kappa shape index (κ3) is 2.61. The lowest BCUT2D eigenvalue weighted by molar-refractivity contribution is -0.192. The maximum absolute atomic E-state index is 11.8. The third-order valence-corrected chi connectivity index (χ3v) is 13.2. The zero-order chi connectivity index (χ0) is 23.5. The normalized spacial score (nSPS) is 56.7. The zero-order valence-electron chi connectivity index (χ0n) is 22.2. The molecule has 0 aromatic heterocycles. The highest BCUT2D eigenvalue weighted by molar-refractivity contribution is 5.34. The number of aliphatic hydroxyl groups excluding tert-OH is 2. The fourth-order valence-corrected chi connectivity index (χ4v) is 11.2. The van der Waals surface area contributed by atoms with Gasteiger partial charge in [-0.1, -0.05) is 67.0 Å². The molecule has 4 fully saturated rings. The number of hydrogen-bond acceptors (Lipinski definition) is 2. The van der Waals surface area contributed by atoms with Gasteiger partial charge in [-0.2, -0.15) is 0 Å². The number of aliphatic hydroxyl groups is 2. The van der Waals surface area contributed by atoms with Crippen molar-refractivity contribution in [3.8, 4) is 0 Å². The summed E-state index contributed by atoms with van der Waals surface area (Å²) in [5.41, 5.74) is 2.45. The zero-order valence-corrected chi connectivity index (χ0v) is 22.2. The van der Waals surface area contributed by atoms with E-state index in [2.05, 4.69) is 61.5 Å². The van der Waals surface area contributed by atoms with Crippen molar-refractivity contribution in [2.75, 3.05) is 0 Å². The lowest BCUT2D eigenvalue weighted by atomic mass is 9.35. The molecule has 5 rings (SSSR count). The summed E-state index contributed by atoms with van der Waals surface area (Å²) in [6.07, 6.45) is 11.4. The largest absolute Gasteiger partial charge is 0.393 e. The maximum atomic E-state index is 11.8. The van der Waals surface area contributed by atoms with Crippen LogP contribution in [0.5, 0.6) is 0 Å². The molecule has 0 unspecified atom stereocenters. The topological polar surface area (TPSA) is 40.5 Å². The number of fused-ring (bicyclic) bond motifs is 7. The first-order valence-corrected chi connectivity index (χ1v) is 13.8. The summed E-state index contributed by atoms with van der Waals surface area (Å²) in [5, 5.41) is 22.7. The fraction of sp³-hybridized carbons (Fsp3) is 0.933. The fourth-order valence-electron chi connectivity index (χ4n) is 11.2. The van der Waals surface area contributed by atoms with Gasteiger partial charge >= 0.3 is 0 Å². The van der Waals surface area contributed by atoms with Crippen LogP contribution >= 0.6 is 0 Å². The number of hydrogen-bond donors (Lipinski definition) is 2. The molecule has 5 aliphatic carbocycles. The summed E-state index contributed by atoms with van der Waals surface area (Å²) < 4.78 is 0. The Morgan fingerprint density at radius 1 is 0.844 bits per heavy atom. The van der Waals surface area contributed by atoms with E-state index in [1.807, 2.05) is 0 Å². The summed E-state index contributed by atoms with van der Waals surface area (Å²) in [4.78, 5) is 0. The standard InChI is InChI=1S/C30H50O2/c1-18(2)19-9-10-22-28(19,6)15-16-30(8)25-20(11-14-29(22,30)7)27(5)13-12-24(32)26(3,4)23(27)17-21(25)31/h11,18-19,21-25,31-32H,9-10,12-17H2,1-8H3/t19-,21-,22-,23-,24-,25-,27+,28-,29+,30-/m0/s1. The first kappa shape index (κ1) is 23.4. The van der Waals surface area contributed by atoms with Crippen LogP contribution in [0.15, 0.2) is 11.6 Å². The van der Waals surface area contributed by atoms with Gasteiger partial charge in [-0.05, 0) is 102 Å². The van der Waals surface area contributed by atoms with Crippen LogP contribution in [0.1, 0.15) is 107 Å². The third-order valence-electron chi connectivity index (χ3n) is 13.2. The minimum Gasteiger partial charge on any atom is -0.393 e. The Morgan fingerprint density at radius 2 is 1.53 bits per heavy atom. The van der Waals surface area contributed by atoms with Crippen molar-refractivity contribution in [1.82, 2.24) is 0 Å². The van der Waals surface area contributed by atoms with Crippen molar-refractivity contribution < 1.29 is 10.2 Å². The average Bonchev–Trinajstić information content (AvgIpc) is 3.07. The van der Waals surface area contributed by atoms with Crippen LogP contribution in [-0.2, 0) is 0 Å². The van der Waals surface area contributed by atoms with Gasteiger partial charge in [0.05, 0.1) is 12.2 Å². The Hall–Kier alpha value is -0.340. The second-order valence-electron chi connectivity index (χ2n) is 14.8. The Labute approximate surface area is 197 Å².